The Balaban J connectivity index is 1.48. The van der Waals surface area contributed by atoms with Gasteiger partial charge in [-0.15, -0.1) is 0 Å². The van der Waals surface area contributed by atoms with E-state index < -0.39 is 0 Å². The summed E-state index contributed by atoms with van der Waals surface area (Å²) in [6.07, 6.45) is 9.85. The predicted octanol–water partition coefficient (Wildman–Crippen LogP) is 5.80. The van der Waals surface area contributed by atoms with E-state index >= 15 is 0 Å². The van der Waals surface area contributed by atoms with Gasteiger partial charge in [0.15, 0.2) is 11.5 Å². The zero-order chi connectivity index (χ0) is 24.9. The highest BCUT2D eigenvalue weighted by Gasteiger charge is 2.26. The van der Waals surface area contributed by atoms with Crippen LogP contribution in [0.25, 0.3) is 11.1 Å². The average molecular weight is 488 g/mol. The molecule has 36 heavy (non-hydrogen) atoms. The lowest BCUT2D eigenvalue weighted by Crippen LogP contribution is -2.43. The number of hydrogen-bond acceptors (Lipinski definition) is 6. The van der Waals surface area contributed by atoms with Crippen molar-refractivity contribution in [2.45, 2.75) is 50.6 Å². The SMILES string of the molecule is COc1cccc(N(Cc2cncc(-c3cc(OC)c(OC)c(C4CCC4)c3)c2)C2CCNCC2)c1. The van der Waals surface area contributed by atoms with E-state index in [0.717, 1.165) is 60.9 Å². The maximum atomic E-state index is 5.76. The van der Waals surface area contributed by atoms with Crippen molar-refractivity contribution in [3.05, 3.63) is 66.0 Å². The predicted molar refractivity (Wildman–Crippen MR) is 144 cm³/mol. The maximum absolute atomic E-state index is 5.76. The first kappa shape index (κ1) is 24.4. The lowest BCUT2D eigenvalue weighted by Gasteiger charge is -2.36. The quantitative estimate of drug-likeness (QED) is 0.412. The van der Waals surface area contributed by atoms with E-state index in [-0.39, 0.29) is 0 Å². The average Bonchev–Trinajstić information content (AvgIpc) is 2.91. The van der Waals surface area contributed by atoms with Crippen molar-refractivity contribution in [3.63, 3.8) is 0 Å². The highest BCUT2D eigenvalue weighted by atomic mass is 16.5. The minimum Gasteiger partial charge on any atom is -0.497 e. The molecule has 1 aliphatic heterocycles. The van der Waals surface area contributed by atoms with Gasteiger partial charge in [-0.25, -0.2) is 0 Å². The molecule has 1 saturated carbocycles. The Morgan fingerprint density at radius 1 is 0.889 bits per heavy atom. The van der Waals surface area contributed by atoms with Gasteiger partial charge in [-0.3, -0.25) is 4.98 Å². The first-order valence-electron chi connectivity index (χ1n) is 13.0. The first-order chi connectivity index (χ1) is 17.7. The Morgan fingerprint density at radius 2 is 1.72 bits per heavy atom. The Labute approximate surface area is 214 Å². The fourth-order valence-corrected chi connectivity index (χ4v) is 5.45. The van der Waals surface area contributed by atoms with Crippen LogP contribution in [-0.2, 0) is 6.54 Å². The fraction of sp³-hybridized carbons (Fsp3) is 0.433. The number of methoxy groups -OCH3 is 3. The number of pyridine rings is 1. The van der Waals surface area contributed by atoms with Gasteiger partial charge in [0.25, 0.3) is 0 Å². The van der Waals surface area contributed by atoms with Crippen molar-refractivity contribution in [2.75, 3.05) is 39.3 Å². The second-order valence-corrected chi connectivity index (χ2v) is 9.82. The van der Waals surface area contributed by atoms with E-state index in [2.05, 4.69) is 51.6 Å². The lowest BCUT2D eigenvalue weighted by molar-refractivity contribution is 0.337. The molecule has 6 nitrogen and oxygen atoms in total. The summed E-state index contributed by atoms with van der Waals surface area (Å²) in [7, 11) is 5.17. The third-order valence-electron chi connectivity index (χ3n) is 7.67. The van der Waals surface area contributed by atoms with E-state index in [4.69, 9.17) is 14.2 Å². The van der Waals surface area contributed by atoms with Gasteiger partial charge in [0.05, 0.1) is 21.3 Å². The molecule has 0 unspecified atom stereocenters. The largest absolute Gasteiger partial charge is 0.497 e. The molecule has 1 aromatic heterocycles. The van der Waals surface area contributed by atoms with Gasteiger partial charge in [-0.2, -0.15) is 0 Å². The molecule has 3 aromatic rings. The normalized spacial score (nSPS) is 16.3. The van der Waals surface area contributed by atoms with Crippen LogP contribution in [0.3, 0.4) is 0 Å². The van der Waals surface area contributed by atoms with E-state index in [9.17, 15) is 0 Å². The first-order valence-corrected chi connectivity index (χ1v) is 13.0. The van der Waals surface area contributed by atoms with Gasteiger partial charge in [-0.05, 0) is 86.1 Å². The Bertz CT molecular complexity index is 1170. The molecule has 190 valence electrons. The van der Waals surface area contributed by atoms with Gasteiger partial charge in [0, 0.05) is 47.9 Å². The molecule has 5 rings (SSSR count). The molecule has 1 N–H and O–H groups in total. The van der Waals surface area contributed by atoms with Crippen LogP contribution in [0.2, 0.25) is 0 Å². The summed E-state index contributed by atoms with van der Waals surface area (Å²) in [4.78, 5) is 7.17. The molecule has 1 aliphatic carbocycles. The number of anilines is 1. The van der Waals surface area contributed by atoms with Crippen LogP contribution in [0, 0.1) is 0 Å². The number of nitrogens with one attached hydrogen (secondary N) is 1. The standard InChI is InChI=1S/C30H37N3O3/c1-34-27-9-5-8-26(17-27)33(25-10-12-31-13-11-25)20-21-14-24(19-32-18-21)23-15-28(22-6-4-7-22)30(36-3)29(16-23)35-2/h5,8-9,14-19,22,25,31H,4,6-7,10-13,20H2,1-3H3. The van der Waals surface area contributed by atoms with Crippen molar-refractivity contribution < 1.29 is 14.2 Å². The molecular formula is C30H37N3O3. The van der Waals surface area contributed by atoms with E-state index in [1.165, 1.54) is 36.1 Å². The monoisotopic (exact) mass is 487 g/mol. The highest BCUT2D eigenvalue weighted by Crippen LogP contribution is 2.46. The molecule has 0 radical (unpaired) electrons. The van der Waals surface area contributed by atoms with E-state index in [0.29, 0.717) is 12.0 Å². The van der Waals surface area contributed by atoms with Gasteiger partial charge >= 0.3 is 0 Å². The van der Waals surface area contributed by atoms with Crippen LogP contribution in [0.15, 0.2) is 54.9 Å². The zero-order valence-electron chi connectivity index (χ0n) is 21.6. The van der Waals surface area contributed by atoms with Gasteiger partial charge in [-0.1, -0.05) is 12.5 Å². The number of hydrogen-bond donors (Lipinski definition) is 1. The summed E-state index contributed by atoms with van der Waals surface area (Å²) in [5, 5.41) is 3.50. The van der Waals surface area contributed by atoms with Crippen molar-refractivity contribution in [3.8, 4) is 28.4 Å². The second kappa shape index (κ2) is 11.2. The van der Waals surface area contributed by atoms with Crippen molar-refractivity contribution in [1.29, 1.82) is 0 Å². The molecule has 2 fully saturated rings. The van der Waals surface area contributed by atoms with Crippen LogP contribution >= 0.6 is 0 Å². The Morgan fingerprint density at radius 3 is 2.42 bits per heavy atom. The van der Waals surface area contributed by atoms with Crippen LogP contribution in [-0.4, -0.2) is 45.4 Å². The number of piperidine rings is 1. The second-order valence-electron chi connectivity index (χ2n) is 9.82. The summed E-state index contributed by atoms with van der Waals surface area (Å²) < 4.78 is 17.0. The zero-order valence-corrected chi connectivity index (χ0v) is 21.6. The molecular weight excluding hydrogens is 450 g/mol. The maximum Gasteiger partial charge on any atom is 0.164 e. The number of rotatable bonds is 9. The van der Waals surface area contributed by atoms with Crippen LogP contribution < -0.4 is 24.4 Å². The summed E-state index contributed by atoms with van der Waals surface area (Å²) in [6.45, 7) is 2.87. The summed E-state index contributed by atoms with van der Waals surface area (Å²) in [6, 6.07) is 15.5. The Hall–Kier alpha value is -3.25. The number of aromatic nitrogens is 1. The van der Waals surface area contributed by atoms with Crippen LogP contribution in [0.4, 0.5) is 5.69 Å². The molecule has 2 heterocycles. The molecule has 6 heteroatoms. The molecule has 0 atom stereocenters. The van der Waals surface area contributed by atoms with Crippen LogP contribution in [0.5, 0.6) is 17.2 Å². The summed E-state index contributed by atoms with van der Waals surface area (Å²) in [5.41, 5.74) is 5.85. The van der Waals surface area contributed by atoms with Crippen molar-refractivity contribution >= 4 is 5.69 Å². The molecule has 0 amide bonds. The van der Waals surface area contributed by atoms with E-state index in [1.54, 1.807) is 21.3 Å². The highest BCUT2D eigenvalue weighted by molar-refractivity contribution is 5.70. The van der Waals surface area contributed by atoms with Crippen LogP contribution in [0.1, 0.15) is 49.1 Å². The molecule has 2 aliphatic rings. The van der Waals surface area contributed by atoms with Crippen molar-refractivity contribution in [2.24, 2.45) is 0 Å². The third kappa shape index (κ3) is 5.14. The topological polar surface area (TPSA) is 55.9 Å². The summed E-state index contributed by atoms with van der Waals surface area (Å²) in [5.74, 6) is 3.07. The molecule has 1 saturated heterocycles. The number of nitrogens with zero attached hydrogens (tertiary/aromatic N) is 2. The number of benzene rings is 2. The fourth-order valence-electron chi connectivity index (χ4n) is 5.45. The summed E-state index contributed by atoms with van der Waals surface area (Å²) >= 11 is 0. The minimum atomic E-state index is 0.466. The molecule has 0 bridgehead atoms. The minimum absolute atomic E-state index is 0.466. The smallest absolute Gasteiger partial charge is 0.164 e. The van der Waals surface area contributed by atoms with Crippen molar-refractivity contribution in [1.82, 2.24) is 10.3 Å². The number of ether oxygens (including phenoxy) is 3. The molecule has 0 spiro atoms. The molecule has 2 aromatic carbocycles. The lowest BCUT2D eigenvalue weighted by atomic mass is 9.78. The van der Waals surface area contributed by atoms with Gasteiger partial charge in [0.1, 0.15) is 5.75 Å². The van der Waals surface area contributed by atoms with Gasteiger partial charge < -0.3 is 24.4 Å². The third-order valence-corrected chi connectivity index (χ3v) is 7.67. The Kier molecular flexibility index (Phi) is 7.61. The van der Waals surface area contributed by atoms with E-state index in [1.807, 2.05) is 18.5 Å². The van der Waals surface area contributed by atoms with Gasteiger partial charge in [0.2, 0.25) is 0 Å².